The van der Waals surface area contributed by atoms with Crippen molar-refractivity contribution in [1.29, 1.82) is 0 Å². The lowest BCUT2D eigenvalue weighted by atomic mass is 9.87. The number of fused-ring (bicyclic) bond motifs is 1. The number of rotatable bonds is 3. The van der Waals surface area contributed by atoms with Gasteiger partial charge in [-0.1, -0.05) is 37.9 Å². The largest absolute Gasteiger partial charge is 0.399 e. The zero-order valence-corrected chi connectivity index (χ0v) is 12.2. The van der Waals surface area contributed by atoms with E-state index in [4.69, 9.17) is 5.73 Å². The van der Waals surface area contributed by atoms with E-state index in [0.717, 1.165) is 33.0 Å². The van der Waals surface area contributed by atoms with Gasteiger partial charge >= 0.3 is 0 Å². The van der Waals surface area contributed by atoms with Crippen molar-refractivity contribution in [2.24, 2.45) is 5.92 Å². The van der Waals surface area contributed by atoms with Gasteiger partial charge in [0, 0.05) is 10.9 Å². The Morgan fingerprint density at radius 3 is 3.16 bits per heavy atom. The van der Waals surface area contributed by atoms with Crippen LogP contribution in [-0.2, 0) is 0 Å². The molecule has 0 spiro atoms. The SMILES string of the molecule is CCC1CCCC(Sc2nc3ccc(N)cc3[nH]2)C1. The topological polar surface area (TPSA) is 54.7 Å². The summed E-state index contributed by atoms with van der Waals surface area (Å²) in [6.45, 7) is 2.31. The molecule has 19 heavy (non-hydrogen) atoms. The van der Waals surface area contributed by atoms with Gasteiger partial charge in [0.05, 0.1) is 11.0 Å². The van der Waals surface area contributed by atoms with Crippen LogP contribution in [0.5, 0.6) is 0 Å². The third-order valence-corrected chi connectivity index (χ3v) is 5.25. The maximum absolute atomic E-state index is 5.80. The minimum atomic E-state index is 0.719. The van der Waals surface area contributed by atoms with E-state index in [-0.39, 0.29) is 0 Å². The lowest BCUT2D eigenvalue weighted by Gasteiger charge is -2.27. The Labute approximate surface area is 118 Å². The summed E-state index contributed by atoms with van der Waals surface area (Å²) in [4.78, 5) is 8.04. The van der Waals surface area contributed by atoms with Crippen LogP contribution < -0.4 is 5.73 Å². The van der Waals surface area contributed by atoms with Gasteiger partial charge in [-0.3, -0.25) is 0 Å². The summed E-state index contributed by atoms with van der Waals surface area (Å²) in [7, 11) is 0. The molecule has 1 aliphatic carbocycles. The van der Waals surface area contributed by atoms with Gasteiger partial charge in [0.15, 0.2) is 5.16 Å². The molecule has 0 amide bonds. The molecule has 0 bridgehead atoms. The van der Waals surface area contributed by atoms with Gasteiger partial charge in [-0.2, -0.15) is 0 Å². The van der Waals surface area contributed by atoms with Crippen molar-refractivity contribution < 1.29 is 0 Å². The zero-order valence-electron chi connectivity index (χ0n) is 11.4. The number of aromatic nitrogens is 2. The van der Waals surface area contributed by atoms with Crippen molar-refractivity contribution >= 4 is 28.5 Å². The van der Waals surface area contributed by atoms with E-state index < -0.39 is 0 Å². The molecule has 1 aromatic heterocycles. The average molecular weight is 275 g/mol. The molecular formula is C15H21N3S. The van der Waals surface area contributed by atoms with E-state index >= 15 is 0 Å². The van der Waals surface area contributed by atoms with Crippen molar-refractivity contribution in [3.05, 3.63) is 18.2 Å². The molecule has 2 aromatic rings. The molecule has 1 aromatic carbocycles. The molecule has 3 N–H and O–H groups in total. The third-order valence-electron chi connectivity index (χ3n) is 4.07. The molecule has 102 valence electrons. The van der Waals surface area contributed by atoms with Crippen LogP contribution in [-0.4, -0.2) is 15.2 Å². The minimum absolute atomic E-state index is 0.719. The monoisotopic (exact) mass is 275 g/mol. The van der Waals surface area contributed by atoms with E-state index in [0.29, 0.717) is 0 Å². The Morgan fingerprint density at radius 1 is 1.42 bits per heavy atom. The smallest absolute Gasteiger partial charge is 0.166 e. The predicted octanol–water partition coefficient (Wildman–Crippen LogP) is 4.21. The van der Waals surface area contributed by atoms with Crippen molar-refractivity contribution in [1.82, 2.24) is 9.97 Å². The lowest BCUT2D eigenvalue weighted by Crippen LogP contribution is -2.16. The second-order valence-corrected chi connectivity index (χ2v) is 6.79. The first-order valence-corrected chi connectivity index (χ1v) is 8.04. The molecule has 0 radical (unpaired) electrons. The van der Waals surface area contributed by atoms with Gasteiger partial charge in [-0.25, -0.2) is 4.98 Å². The fourth-order valence-corrected chi connectivity index (χ4v) is 4.23. The maximum Gasteiger partial charge on any atom is 0.166 e. The molecule has 4 heteroatoms. The molecule has 1 saturated carbocycles. The van der Waals surface area contributed by atoms with Crippen molar-refractivity contribution in [2.45, 2.75) is 49.4 Å². The third kappa shape index (κ3) is 2.89. The number of H-pyrrole nitrogens is 1. The molecule has 1 fully saturated rings. The summed E-state index contributed by atoms with van der Waals surface area (Å²) in [5.41, 5.74) is 8.65. The van der Waals surface area contributed by atoms with E-state index in [1.807, 2.05) is 30.0 Å². The van der Waals surface area contributed by atoms with Gasteiger partial charge in [0.2, 0.25) is 0 Å². The number of nitrogens with one attached hydrogen (secondary N) is 1. The Hall–Kier alpha value is -1.16. The second-order valence-electron chi connectivity index (χ2n) is 5.50. The fourth-order valence-electron chi connectivity index (χ4n) is 2.94. The van der Waals surface area contributed by atoms with Crippen LogP contribution in [0.2, 0.25) is 0 Å². The van der Waals surface area contributed by atoms with Crippen molar-refractivity contribution in [3.63, 3.8) is 0 Å². The standard InChI is InChI=1S/C15H21N3S/c1-2-10-4-3-5-12(8-10)19-15-17-13-7-6-11(16)9-14(13)18-15/h6-7,9-10,12H,2-5,8,16H2,1H3,(H,17,18). The lowest BCUT2D eigenvalue weighted by molar-refractivity contribution is 0.357. The summed E-state index contributed by atoms with van der Waals surface area (Å²) >= 11 is 1.91. The van der Waals surface area contributed by atoms with E-state index in [1.165, 1.54) is 32.1 Å². The number of hydrogen-bond acceptors (Lipinski definition) is 3. The maximum atomic E-state index is 5.80. The number of nitrogens with two attached hydrogens (primary N) is 1. The van der Waals surface area contributed by atoms with Crippen LogP contribution in [0.1, 0.15) is 39.0 Å². The number of anilines is 1. The molecular weight excluding hydrogens is 254 g/mol. The van der Waals surface area contributed by atoms with Gasteiger partial charge in [0.1, 0.15) is 0 Å². The van der Waals surface area contributed by atoms with Crippen LogP contribution in [0.15, 0.2) is 23.4 Å². The molecule has 1 heterocycles. The second kappa shape index (κ2) is 5.45. The molecule has 2 unspecified atom stereocenters. The first-order valence-electron chi connectivity index (χ1n) is 7.16. The van der Waals surface area contributed by atoms with Crippen LogP contribution in [0.4, 0.5) is 5.69 Å². The number of thioether (sulfide) groups is 1. The number of aromatic amines is 1. The molecule has 2 atom stereocenters. The first-order chi connectivity index (χ1) is 9.24. The Balaban J connectivity index is 1.74. The summed E-state index contributed by atoms with van der Waals surface area (Å²) in [5.74, 6) is 0.909. The van der Waals surface area contributed by atoms with Crippen LogP contribution >= 0.6 is 11.8 Å². The number of imidazole rings is 1. The minimum Gasteiger partial charge on any atom is -0.399 e. The molecule has 3 nitrogen and oxygen atoms in total. The summed E-state index contributed by atoms with van der Waals surface area (Å²) in [5, 5.41) is 1.76. The highest BCUT2D eigenvalue weighted by molar-refractivity contribution is 7.99. The summed E-state index contributed by atoms with van der Waals surface area (Å²) < 4.78 is 0. The highest BCUT2D eigenvalue weighted by Crippen LogP contribution is 2.36. The van der Waals surface area contributed by atoms with Gasteiger partial charge in [0.25, 0.3) is 0 Å². The molecule has 1 aliphatic rings. The van der Waals surface area contributed by atoms with E-state index in [2.05, 4.69) is 16.9 Å². The molecule has 0 aliphatic heterocycles. The van der Waals surface area contributed by atoms with Crippen molar-refractivity contribution in [2.75, 3.05) is 5.73 Å². The normalized spacial score (nSPS) is 23.8. The van der Waals surface area contributed by atoms with Crippen LogP contribution in [0, 0.1) is 5.92 Å². The highest BCUT2D eigenvalue weighted by atomic mass is 32.2. The van der Waals surface area contributed by atoms with Gasteiger partial charge < -0.3 is 10.7 Å². The van der Waals surface area contributed by atoms with Gasteiger partial charge in [-0.05, 0) is 37.0 Å². The average Bonchev–Trinajstić information content (AvgIpc) is 2.80. The fraction of sp³-hybridized carbons (Fsp3) is 0.533. The summed E-state index contributed by atoms with van der Waals surface area (Å²) in [6, 6.07) is 5.86. The Bertz CT molecular complexity index is 564. The summed E-state index contributed by atoms with van der Waals surface area (Å²) in [6.07, 6.45) is 6.74. The van der Waals surface area contributed by atoms with Crippen LogP contribution in [0.25, 0.3) is 11.0 Å². The molecule has 0 saturated heterocycles. The van der Waals surface area contributed by atoms with Crippen LogP contribution in [0.3, 0.4) is 0 Å². The number of hydrogen-bond donors (Lipinski definition) is 2. The van der Waals surface area contributed by atoms with Crippen molar-refractivity contribution in [3.8, 4) is 0 Å². The first kappa shape index (κ1) is 12.9. The predicted molar refractivity (Wildman–Crippen MR) is 82.4 cm³/mol. The van der Waals surface area contributed by atoms with Gasteiger partial charge in [-0.15, -0.1) is 0 Å². The Kier molecular flexibility index (Phi) is 3.69. The van der Waals surface area contributed by atoms with E-state index in [1.54, 1.807) is 0 Å². The quantitative estimate of drug-likeness (QED) is 0.825. The number of benzene rings is 1. The van der Waals surface area contributed by atoms with E-state index in [9.17, 15) is 0 Å². The highest BCUT2D eigenvalue weighted by Gasteiger charge is 2.22. The number of nitrogen functional groups attached to an aromatic ring is 1. The molecule has 3 rings (SSSR count). The Morgan fingerprint density at radius 2 is 2.32 bits per heavy atom. The number of nitrogens with zero attached hydrogens (tertiary/aromatic N) is 1. The zero-order chi connectivity index (χ0) is 13.2.